The van der Waals surface area contributed by atoms with Gasteiger partial charge in [0.2, 0.25) is 0 Å². The summed E-state index contributed by atoms with van der Waals surface area (Å²) in [6, 6.07) is 48.8. The number of hydrogen-bond donors (Lipinski definition) is 0. The van der Waals surface area contributed by atoms with Crippen LogP contribution in [0.3, 0.4) is 0 Å². The van der Waals surface area contributed by atoms with Crippen LogP contribution < -0.4 is 0 Å². The molecule has 0 amide bonds. The molecule has 1 aliphatic rings. The smallest absolute Gasteiger partial charge is 0.160 e. The molecule has 10 rings (SSSR count). The molecule has 9 aromatic rings. The average Bonchev–Trinajstić information content (AvgIpc) is 3.68. The molecule has 0 N–H and O–H groups in total. The fourth-order valence-corrected chi connectivity index (χ4v) is 7.12. The molecular formula is C43H25N3O. The summed E-state index contributed by atoms with van der Waals surface area (Å²) in [5, 5.41) is 4.63. The molecule has 0 saturated heterocycles. The van der Waals surface area contributed by atoms with Gasteiger partial charge in [0.15, 0.2) is 5.82 Å². The largest absolute Gasteiger partial charge is 0.456 e. The molecule has 0 unspecified atom stereocenters. The number of rotatable bonds is 4. The third-order valence-corrected chi connectivity index (χ3v) is 9.36. The van der Waals surface area contributed by atoms with Crippen molar-refractivity contribution in [1.82, 2.24) is 15.0 Å². The first kappa shape index (κ1) is 25.9. The van der Waals surface area contributed by atoms with Crippen molar-refractivity contribution in [3.63, 3.8) is 0 Å². The highest BCUT2D eigenvalue weighted by Gasteiger charge is 2.23. The van der Waals surface area contributed by atoms with E-state index in [0.717, 1.165) is 61.1 Å². The van der Waals surface area contributed by atoms with E-state index in [1.165, 1.54) is 33.0 Å². The predicted molar refractivity (Wildman–Crippen MR) is 191 cm³/mol. The molecule has 0 spiro atoms. The van der Waals surface area contributed by atoms with Gasteiger partial charge in [0.1, 0.15) is 11.2 Å². The van der Waals surface area contributed by atoms with Crippen molar-refractivity contribution in [3.8, 4) is 67.3 Å². The molecule has 1 aliphatic carbocycles. The van der Waals surface area contributed by atoms with Crippen LogP contribution in [-0.2, 0) is 0 Å². The van der Waals surface area contributed by atoms with Gasteiger partial charge in [-0.3, -0.25) is 4.98 Å². The number of nitrogens with zero attached hydrogens (tertiary/aromatic N) is 3. The van der Waals surface area contributed by atoms with Crippen LogP contribution in [0.1, 0.15) is 0 Å². The van der Waals surface area contributed by atoms with Crippen molar-refractivity contribution < 1.29 is 4.42 Å². The summed E-state index contributed by atoms with van der Waals surface area (Å²) >= 11 is 0. The second-order valence-electron chi connectivity index (χ2n) is 12.0. The van der Waals surface area contributed by atoms with Crippen LogP contribution in [0.5, 0.6) is 0 Å². The van der Waals surface area contributed by atoms with Gasteiger partial charge in [0, 0.05) is 39.9 Å². The molecule has 0 radical (unpaired) electrons. The molecular weight excluding hydrogens is 574 g/mol. The molecule has 0 atom stereocenters. The van der Waals surface area contributed by atoms with Gasteiger partial charge in [-0.1, -0.05) is 103 Å². The number of pyridine rings is 1. The topological polar surface area (TPSA) is 51.8 Å². The van der Waals surface area contributed by atoms with Crippen LogP contribution >= 0.6 is 0 Å². The van der Waals surface area contributed by atoms with Crippen molar-refractivity contribution >= 4 is 32.7 Å². The highest BCUT2D eigenvalue weighted by Crippen LogP contribution is 2.49. The second-order valence-corrected chi connectivity index (χ2v) is 12.0. The van der Waals surface area contributed by atoms with E-state index in [1.54, 1.807) is 6.20 Å². The van der Waals surface area contributed by atoms with Gasteiger partial charge in [0.05, 0.1) is 11.4 Å². The number of hydrogen-bond acceptors (Lipinski definition) is 4. The van der Waals surface area contributed by atoms with Crippen LogP contribution in [-0.4, -0.2) is 15.0 Å². The average molecular weight is 600 g/mol. The molecule has 0 bridgehead atoms. The monoisotopic (exact) mass is 599 g/mol. The van der Waals surface area contributed by atoms with Crippen LogP contribution in [0.4, 0.5) is 0 Å². The lowest BCUT2D eigenvalue weighted by Crippen LogP contribution is -1.96. The molecule has 0 aliphatic heterocycles. The van der Waals surface area contributed by atoms with E-state index in [2.05, 4.69) is 114 Å². The van der Waals surface area contributed by atoms with Gasteiger partial charge in [-0.15, -0.1) is 0 Å². The number of benzene rings is 6. The van der Waals surface area contributed by atoms with Crippen molar-refractivity contribution in [2.45, 2.75) is 0 Å². The molecule has 4 heteroatoms. The molecule has 0 saturated carbocycles. The number of fused-ring (bicyclic) bond motifs is 6. The van der Waals surface area contributed by atoms with Crippen molar-refractivity contribution in [2.75, 3.05) is 0 Å². The number of furan rings is 1. The standard InChI is InChI=1S/C43H25N3O/c1-2-9-31-30(8-1)34-11-5-12-35-32(19-20-36(31)42(34)35)39-24-38(28-18-21-41-37(23-28)33-10-3-4-13-40(33)47-41)45-43(46-39)27-16-14-26(15-17-27)29-7-6-22-44-25-29/h1-25H. The number of para-hydroxylation sites is 1. The lowest BCUT2D eigenvalue weighted by molar-refractivity contribution is 0.669. The maximum absolute atomic E-state index is 6.14. The Morgan fingerprint density at radius 3 is 1.94 bits per heavy atom. The SMILES string of the molecule is c1cncc(-c2ccc(-c3nc(-c4ccc5oc6ccccc6c5c4)cc(-c4ccc5c6c(cccc46)-c4ccccc4-5)n3)cc2)c1. The molecule has 0 fully saturated rings. The van der Waals surface area contributed by atoms with Crippen molar-refractivity contribution in [2.24, 2.45) is 0 Å². The van der Waals surface area contributed by atoms with Gasteiger partial charge >= 0.3 is 0 Å². The van der Waals surface area contributed by atoms with Gasteiger partial charge in [-0.2, -0.15) is 0 Å². The van der Waals surface area contributed by atoms with Crippen LogP contribution in [0.15, 0.2) is 156 Å². The van der Waals surface area contributed by atoms with Gasteiger partial charge in [0.25, 0.3) is 0 Å². The minimum atomic E-state index is 0.680. The van der Waals surface area contributed by atoms with E-state index in [-0.39, 0.29) is 0 Å². The second kappa shape index (κ2) is 10.1. The third kappa shape index (κ3) is 4.05. The maximum Gasteiger partial charge on any atom is 0.160 e. The quantitative estimate of drug-likeness (QED) is 0.202. The molecule has 3 heterocycles. The fraction of sp³-hybridized carbons (Fsp3) is 0. The zero-order valence-corrected chi connectivity index (χ0v) is 25.2. The maximum atomic E-state index is 6.14. The van der Waals surface area contributed by atoms with E-state index in [0.29, 0.717) is 5.82 Å². The summed E-state index contributed by atoms with van der Waals surface area (Å²) in [5.74, 6) is 0.680. The Morgan fingerprint density at radius 1 is 0.404 bits per heavy atom. The zero-order valence-electron chi connectivity index (χ0n) is 25.2. The van der Waals surface area contributed by atoms with Gasteiger partial charge < -0.3 is 4.42 Å². The summed E-state index contributed by atoms with van der Waals surface area (Å²) in [6.07, 6.45) is 3.68. The van der Waals surface area contributed by atoms with Gasteiger partial charge in [-0.05, 0) is 80.6 Å². The first-order valence-electron chi connectivity index (χ1n) is 15.8. The Bertz CT molecular complexity index is 2640. The summed E-state index contributed by atoms with van der Waals surface area (Å²) < 4.78 is 6.14. The Kier molecular flexibility index (Phi) is 5.54. The molecule has 4 nitrogen and oxygen atoms in total. The minimum Gasteiger partial charge on any atom is -0.456 e. The molecule has 47 heavy (non-hydrogen) atoms. The minimum absolute atomic E-state index is 0.680. The summed E-state index contributed by atoms with van der Waals surface area (Å²) in [6.45, 7) is 0. The lowest BCUT2D eigenvalue weighted by Gasteiger charge is -2.13. The van der Waals surface area contributed by atoms with E-state index >= 15 is 0 Å². The summed E-state index contributed by atoms with van der Waals surface area (Å²) in [7, 11) is 0. The first-order valence-corrected chi connectivity index (χ1v) is 15.8. The summed E-state index contributed by atoms with van der Waals surface area (Å²) in [5.41, 5.74) is 13.8. The zero-order chi connectivity index (χ0) is 30.9. The van der Waals surface area contributed by atoms with Crippen LogP contribution in [0.2, 0.25) is 0 Å². The summed E-state index contributed by atoms with van der Waals surface area (Å²) in [4.78, 5) is 14.7. The van der Waals surface area contributed by atoms with Gasteiger partial charge in [-0.25, -0.2) is 9.97 Å². The molecule has 3 aromatic heterocycles. The first-order chi connectivity index (χ1) is 23.3. The Hall–Kier alpha value is -6.39. The highest BCUT2D eigenvalue weighted by atomic mass is 16.3. The lowest BCUT2D eigenvalue weighted by atomic mass is 9.96. The van der Waals surface area contributed by atoms with Crippen molar-refractivity contribution in [1.29, 1.82) is 0 Å². The predicted octanol–water partition coefficient (Wildman–Crippen LogP) is 11.2. The van der Waals surface area contributed by atoms with E-state index in [4.69, 9.17) is 14.4 Å². The van der Waals surface area contributed by atoms with E-state index < -0.39 is 0 Å². The van der Waals surface area contributed by atoms with Crippen LogP contribution in [0, 0.1) is 0 Å². The third-order valence-electron chi connectivity index (χ3n) is 9.36. The Balaban J connectivity index is 1.18. The Labute approximate surface area is 270 Å². The number of aromatic nitrogens is 3. The van der Waals surface area contributed by atoms with E-state index in [9.17, 15) is 0 Å². The molecule has 6 aromatic carbocycles. The van der Waals surface area contributed by atoms with Crippen LogP contribution in [0.25, 0.3) is 100.0 Å². The highest BCUT2D eigenvalue weighted by molar-refractivity contribution is 6.18. The van der Waals surface area contributed by atoms with Crippen molar-refractivity contribution in [3.05, 3.63) is 152 Å². The normalized spacial score (nSPS) is 11.8. The fourth-order valence-electron chi connectivity index (χ4n) is 7.12. The molecule has 218 valence electrons. The van der Waals surface area contributed by atoms with E-state index in [1.807, 2.05) is 36.5 Å². The Morgan fingerprint density at radius 2 is 1.09 bits per heavy atom.